The molecule has 2 aromatic rings. The van der Waals surface area contributed by atoms with Crippen molar-refractivity contribution in [2.45, 2.75) is 32.8 Å². The second kappa shape index (κ2) is 7.70. The summed E-state index contributed by atoms with van der Waals surface area (Å²) in [5, 5.41) is 12.5. The number of aliphatic hydroxyl groups excluding tert-OH is 1. The standard InChI is InChI=1S/C19H21NO3/c1-13-7-9-15(10-8-13)18(22)11-12-19(23)20-17-6-4-3-5-16(17)14(2)21/h3-10,14,21H,11-12H2,1-2H3,(H,20,23). The number of aliphatic hydroxyl groups is 1. The molecule has 1 amide bonds. The van der Waals surface area contributed by atoms with Crippen molar-refractivity contribution in [2.24, 2.45) is 0 Å². The summed E-state index contributed by atoms with van der Waals surface area (Å²) in [7, 11) is 0. The number of rotatable bonds is 6. The largest absolute Gasteiger partial charge is 0.389 e. The quantitative estimate of drug-likeness (QED) is 0.800. The van der Waals surface area contributed by atoms with Crippen LogP contribution in [0.4, 0.5) is 5.69 Å². The molecular formula is C19H21NO3. The molecule has 4 heteroatoms. The molecule has 1 unspecified atom stereocenters. The zero-order valence-corrected chi connectivity index (χ0v) is 13.4. The van der Waals surface area contributed by atoms with E-state index in [9.17, 15) is 14.7 Å². The molecule has 2 N–H and O–H groups in total. The van der Waals surface area contributed by atoms with E-state index in [0.29, 0.717) is 16.8 Å². The Morgan fingerprint density at radius 2 is 1.70 bits per heavy atom. The van der Waals surface area contributed by atoms with Crippen molar-refractivity contribution >= 4 is 17.4 Å². The number of hydrogen-bond donors (Lipinski definition) is 2. The van der Waals surface area contributed by atoms with Crippen LogP contribution in [0.2, 0.25) is 0 Å². The van der Waals surface area contributed by atoms with E-state index >= 15 is 0 Å². The fourth-order valence-electron chi connectivity index (χ4n) is 2.30. The lowest BCUT2D eigenvalue weighted by Crippen LogP contribution is -2.15. The van der Waals surface area contributed by atoms with Crippen LogP contribution in [0.1, 0.15) is 47.4 Å². The number of amides is 1. The molecule has 0 aromatic heterocycles. The first-order chi connectivity index (χ1) is 11.0. The predicted molar refractivity (Wildman–Crippen MR) is 90.4 cm³/mol. The molecule has 0 saturated carbocycles. The molecule has 0 heterocycles. The number of Topliss-reactive ketones (excluding diaryl/α,β-unsaturated/α-hetero) is 1. The number of carbonyl (C=O) groups excluding carboxylic acids is 2. The second-order valence-electron chi connectivity index (χ2n) is 5.60. The first kappa shape index (κ1) is 16.9. The number of hydrogen-bond acceptors (Lipinski definition) is 3. The van der Waals surface area contributed by atoms with Crippen LogP contribution in [0.25, 0.3) is 0 Å². The van der Waals surface area contributed by atoms with Gasteiger partial charge in [-0.05, 0) is 19.9 Å². The second-order valence-corrected chi connectivity index (χ2v) is 5.60. The van der Waals surface area contributed by atoms with Gasteiger partial charge in [0.25, 0.3) is 0 Å². The van der Waals surface area contributed by atoms with Gasteiger partial charge in [-0.25, -0.2) is 0 Å². The highest BCUT2D eigenvalue weighted by molar-refractivity contribution is 6.00. The highest BCUT2D eigenvalue weighted by Gasteiger charge is 2.12. The van der Waals surface area contributed by atoms with Crippen LogP contribution < -0.4 is 5.32 Å². The average Bonchev–Trinajstić information content (AvgIpc) is 2.53. The lowest BCUT2D eigenvalue weighted by molar-refractivity contribution is -0.116. The van der Waals surface area contributed by atoms with Gasteiger partial charge in [-0.3, -0.25) is 9.59 Å². The summed E-state index contributed by atoms with van der Waals surface area (Å²) in [5.74, 6) is -0.289. The van der Waals surface area contributed by atoms with E-state index in [1.165, 1.54) is 0 Å². The van der Waals surface area contributed by atoms with Gasteiger partial charge in [0.1, 0.15) is 0 Å². The van der Waals surface area contributed by atoms with E-state index in [2.05, 4.69) is 5.32 Å². The summed E-state index contributed by atoms with van der Waals surface area (Å²) >= 11 is 0. The molecule has 2 aromatic carbocycles. The Kier molecular flexibility index (Phi) is 5.66. The number of para-hydroxylation sites is 1. The van der Waals surface area contributed by atoms with Gasteiger partial charge in [0.2, 0.25) is 5.91 Å². The van der Waals surface area contributed by atoms with E-state index in [-0.39, 0.29) is 24.5 Å². The van der Waals surface area contributed by atoms with E-state index in [0.717, 1.165) is 5.56 Å². The van der Waals surface area contributed by atoms with Crippen molar-refractivity contribution in [3.05, 3.63) is 65.2 Å². The lowest BCUT2D eigenvalue weighted by atomic mass is 10.0. The summed E-state index contributed by atoms with van der Waals surface area (Å²) in [6.07, 6.45) is -0.396. The van der Waals surface area contributed by atoms with E-state index in [4.69, 9.17) is 0 Å². The van der Waals surface area contributed by atoms with Gasteiger partial charge in [0.05, 0.1) is 6.10 Å². The predicted octanol–water partition coefficient (Wildman–Crippen LogP) is 3.65. The maximum absolute atomic E-state index is 12.1. The van der Waals surface area contributed by atoms with E-state index in [1.807, 2.05) is 19.1 Å². The summed E-state index contributed by atoms with van der Waals surface area (Å²) in [5.41, 5.74) is 2.95. The molecule has 4 nitrogen and oxygen atoms in total. The molecule has 0 aliphatic heterocycles. The fourth-order valence-corrected chi connectivity index (χ4v) is 2.30. The van der Waals surface area contributed by atoms with Gasteiger partial charge in [0.15, 0.2) is 5.78 Å². The van der Waals surface area contributed by atoms with Gasteiger partial charge in [-0.15, -0.1) is 0 Å². The van der Waals surface area contributed by atoms with Crippen LogP contribution in [0, 0.1) is 6.92 Å². The molecular weight excluding hydrogens is 290 g/mol. The Labute approximate surface area is 136 Å². The molecule has 2 rings (SSSR count). The Hall–Kier alpha value is -2.46. The maximum atomic E-state index is 12.1. The van der Waals surface area contributed by atoms with Gasteiger partial charge in [-0.2, -0.15) is 0 Å². The third kappa shape index (κ3) is 4.76. The van der Waals surface area contributed by atoms with Gasteiger partial charge < -0.3 is 10.4 Å². The Balaban J connectivity index is 1.93. The minimum Gasteiger partial charge on any atom is -0.389 e. The van der Waals surface area contributed by atoms with Crippen molar-refractivity contribution in [1.82, 2.24) is 0 Å². The lowest BCUT2D eigenvalue weighted by Gasteiger charge is -2.12. The fraction of sp³-hybridized carbons (Fsp3) is 0.263. The molecule has 0 aliphatic carbocycles. The Morgan fingerprint density at radius 1 is 1.04 bits per heavy atom. The third-order valence-electron chi connectivity index (χ3n) is 3.64. The number of anilines is 1. The average molecular weight is 311 g/mol. The molecule has 0 radical (unpaired) electrons. The number of nitrogens with one attached hydrogen (secondary N) is 1. The van der Waals surface area contributed by atoms with Gasteiger partial charge in [-0.1, -0.05) is 48.0 Å². The van der Waals surface area contributed by atoms with Crippen LogP contribution >= 0.6 is 0 Å². The molecule has 0 bridgehead atoms. The van der Waals surface area contributed by atoms with Crippen molar-refractivity contribution < 1.29 is 14.7 Å². The molecule has 23 heavy (non-hydrogen) atoms. The van der Waals surface area contributed by atoms with Crippen molar-refractivity contribution in [3.8, 4) is 0 Å². The van der Waals surface area contributed by atoms with Crippen LogP contribution in [0.15, 0.2) is 48.5 Å². The maximum Gasteiger partial charge on any atom is 0.224 e. The van der Waals surface area contributed by atoms with Crippen molar-refractivity contribution in [1.29, 1.82) is 0 Å². The molecule has 1 atom stereocenters. The van der Waals surface area contributed by atoms with E-state index < -0.39 is 6.10 Å². The first-order valence-electron chi connectivity index (χ1n) is 7.64. The van der Waals surface area contributed by atoms with E-state index in [1.54, 1.807) is 43.3 Å². The summed E-state index contributed by atoms with van der Waals surface area (Å²) < 4.78 is 0. The summed E-state index contributed by atoms with van der Waals surface area (Å²) in [6, 6.07) is 14.4. The smallest absolute Gasteiger partial charge is 0.224 e. The summed E-state index contributed by atoms with van der Waals surface area (Å²) in [4.78, 5) is 24.1. The molecule has 0 saturated heterocycles. The zero-order chi connectivity index (χ0) is 16.8. The molecule has 0 fully saturated rings. The van der Waals surface area contributed by atoms with Crippen LogP contribution in [-0.2, 0) is 4.79 Å². The Morgan fingerprint density at radius 3 is 2.35 bits per heavy atom. The SMILES string of the molecule is Cc1ccc(C(=O)CCC(=O)Nc2ccccc2C(C)O)cc1. The highest BCUT2D eigenvalue weighted by atomic mass is 16.3. The van der Waals surface area contributed by atoms with Crippen LogP contribution in [0.3, 0.4) is 0 Å². The zero-order valence-electron chi connectivity index (χ0n) is 13.4. The van der Waals surface area contributed by atoms with Crippen LogP contribution in [0.5, 0.6) is 0 Å². The molecule has 120 valence electrons. The number of carbonyl (C=O) groups is 2. The first-order valence-corrected chi connectivity index (χ1v) is 7.64. The molecule has 0 aliphatic rings. The number of aryl methyl sites for hydroxylation is 1. The molecule has 0 spiro atoms. The third-order valence-corrected chi connectivity index (χ3v) is 3.64. The summed E-state index contributed by atoms with van der Waals surface area (Å²) in [6.45, 7) is 3.60. The highest BCUT2D eigenvalue weighted by Crippen LogP contribution is 2.22. The topological polar surface area (TPSA) is 66.4 Å². The normalized spacial score (nSPS) is 11.8. The number of ketones is 1. The van der Waals surface area contributed by atoms with Crippen molar-refractivity contribution in [3.63, 3.8) is 0 Å². The van der Waals surface area contributed by atoms with Crippen molar-refractivity contribution in [2.75, 3.05) is 5.32 Å². The minimum atomic E-state index is -0.666. The number of benzene rings is 2. The van der Waals surface area contributed by atoms with Gasteiger partial charge >= 0.3 is 0 Å². The minimum absolute atomic E-state index is 0.0519. The monoisotopic (exact) mass is 311 g/mol. The van der Waals surface area contributed by atoms with Gasteiger partial charge in [0, 0.05) is 29.7 Å². The Bertz CT molecular complexity index is 690. The van der Waals surface area contributed by atoms with Crippen LogP contribution in [-0.4, -0.2) is 16.8 Å².